The molecule has 0 saturated carbocycles. The lowest BCUT2D eigenvalue weighted by atomic mass is 10.1. The van der Waals surface area contributed by atoms with Gasteiger partial charge in [-0.3, -0.25) is 9.69 Å². The molecule has 1 aliphatic rings. The lowest BCUT2D eigenvalue weighted by Crippen LogP contribution is -2.56. The minimum Gasteiger partial charge on any atom is -0.370 e. The van der Waals surface area contributed by atoms with Crippen LogP contribution in [0.2, 0.25) is 0 Å². The lowest BCUT2D eigenvalue weighted by Gasteiger charge is -2.42. The fourth-order valence-corrected chi connectivity index (χ4v) is 2.65. The van der Waals surface area contributed by atoms with Crippen molar-refractivity contribution >= 4 is 11.7 Å². The van der Waals surface area contributed by atoms with Gasteiger partial charge in [0.2, 0.25) is 0 Å². The van der Waals surface area contributed by atoms with Crippen LogP contribution in [-0.2, 0) is 0 Å². The number of amides is 1. The predicted octanol–water partition coefficient (Wildman–Crippen LogP) is 1.82. The number of carbonyl (C=O) groups is 1. The first-order valence-corrected chi connectivity index (χ1v) is 7.34. The highest BCUT2D eigenvalue weighted by Crippen LogP contribution is 2.20. The van der Waals surface area contributed by atoms with E-state index in [0.717, 1.165) is 6.20 Å². The van der Waals surface area contributed by atoms with Crippen LogP contribution in [0, 0.1) is 5.82 Å². The fourth-order valence-electron chi connectivity index (χ4n) is 2.65. The third-order valence-electron chi connectivity index (χ3n) is 4.08. The van der Waals surface area contributed by atoms with Gasteiger partial charge in [-0.05, 0) is 33.9 Å². The van der Waals surface area contributed by atoms with E-state index in [4.69, 9.17) is 0 Å². The Balaban J connectivity index is 2.25. The Morgan fingerprint density at radius 2 is 2.05 bits per heavy atom. The van der Waals surface area contributed by atoms with Crippen LogP contribution in [0.1, 0.15) is 31.1 Å². The molecule has 2 unspecified atom stereocenters. The summed E-state index contributed by atoms with van der Waals surface area (Å²) in [5.74, 6) is -0.205. The van der Waals surface area contributed by atoms with Crippen molar-refractivity contribution in [2.45, 2.75) is 32.9 Å². The molecule has 0 aliphatic carbocycles. The number of nitrogens with one attached hydrogen (secondary N) is 1. The third kappa shape index (κ3) is 3.32. The first-order valence-electron chi connectivity index (χ1n) is 7.34. The molecule has 6 heteroatoms. The molecular formula is C15H23FN4O. The number of halogens is 1. The molecule has 1 fully saturated rings. The fraction of sp³-hybridized carbons (Fsp3) is 0.600. The quantitative estimate of drug-likeness (QED) is 0.924. The predicted molar refractivity (Wildman–Crippen MR) is 80.9 cm³/mol. The van der Waals surface area contributed by atoms with Crippen molar-refractivity contribution in [3.63, 3.8) is 0 Å². The van der Waals surface area contributed by atoms with Gasteiger partial charge in [0.25, 0.3) is 5.91 Å². The number of hydrogen-bond donors (Lipinski definition) is 1. The van der Waals surface area contributed by atoms with Crippen LogP contribution in [-0.4, -0.2) is 59.5 Å². The van der Waals surface area contributed by atoms with Crippen molar-refractivity contribution in [2.75, 3.05) is 32.0 Å². The van der Waals surface area contributed by atoms with E-state index in [1.54, 1.807) is 4.90 Å². The highest BCUT2D eigenvalue weighted by atomic mass is 19.1. The summed E-state index contributed by atoms with van der Waals surface area (Å²) >= 11 is 0. The first-order chi connectivity index (χ1) is 9.93. The number of carbonyl (C=O) groups excluding carboxylic acids is 1. The van der Waals surface area contributed by atoms with Crippen molar-refractivity contribution in [2.24, 2.45) is 0 Å². The molecule has 0 spiro atoms. The van der Waals surface area contributed by atoms with Crippen LogP contribution >= 0.6 is 0 Å². The molecule has 0 aromatic carbocycles. The van der Waals surface area contributed by atoms with Gasteiger partial charge in [0.05, 0.1) is 11.8 Å². The Bertz CT molecular complexity index is 510. The minimum atomic E-state index is -0.491. The van der Waals surface area contributed by atoms with Crippen LogP contribution < -0.4 is 5.32 Å². The highest BCUT2D eigenvalue weighted by molar-refractivity contribution is 5.98. The molecule has 2 atom stereocenters. The van der Waals surface area contributed by atoms with Gasteiger partial charge in [0.1, 0.15) is 11.6 Å². The highest BCUT2D eigenvalue weighted by Gasteiger charge is 2.31. The summed E-state index contributed by atoms with van der Waals surface area (Å²) in [5.41, 5.74) is 0.306. The first kappa shape index (κ1) is 15.7. The standard InChI is InChI=1S/C15H23FN4O/c1-5-17-14-13(6-12(16)7-18-14)15(21)20-8-10(2)19(4)11(3)9-20/h6-7,10-11H,5,8-9H2,1-4H3,(H,17,18). The molecule has 1 saturated heterocycles. The molecule has 21 heavy (non-hydrogen) atoms. The zero-order valence-electron chi connectivity index (χ0n) is 13.1. The number of hydrogen-bond acceptors (Lipinski definition) is 4. The van der Waals surface area contributed by atoms with Gasteiger partial charge in [0.15, 0.2) is 0 Å². The normalized spacial score (nSPS) is 23.2. The van der Waals surface area contributed by atoms with Gasteiger partial charge in [-0.2, -0.15) is 0 Å². The van der Waals surface area contributed by atoms with Crippen molar-refractivity contribution in [3.8, 4) is 0 Å². The summed E-state index contributed by atoms with van der Waals surface area (Å²) < 4.78 is 13.5. The number of aromatic nitrogens is 1. The van der Waals surface area contributed by atoms with E-state index < -0.39 is 5.82 Å². The SMILES string of the molecule is CCNc1ncc(F)cc1C(=O)N1CC(C)N(C)C(C)C1. The summed E-state index contributed by atoms with van der Waals surface area (Å²) in [5, 5.41) is 3.02. The van der Waals surface area contributed by atoms with E-state index in [-0.39, 0.29) is 18.0 Å². The van der Waals surface area contributed by atoms with Crippen molar-refractivity contribution in [1.29, 1.82) is 0 Å². The third-order valence-corrected chi connectivity index (χ3v) is 4.08. The molecule has 2 heterocycles. The van der Waals surface area contributed by atoms with Gasteiger partial charge < -0.3 is 10.2 Å². The monoisotopic (exact) mass is 294 g/mol. The van der Waals surface area contributed by atoms with Crippen molar-refractivity contribution in [3.05, 3.63) is 23.6 Å². The molecule has 1 aliphatic heterocycles. The maximum Gasteiger partial charge on any atom is 0.257 e. The lowest BCUT2D eigenvalue weighted by molar-refractivity contribution is 0.0414. The van der Waals surface area contributed by atoms with Crippen molar-refractivity contribution < 1.29 is 9.18 Å². The smallest absolute Gasteiger partial charge is 0.257 e. The zero-order valence-corrected chi connectivity index (χ0v) is 13.1. The number of likely N-dealkylation sites (N-methyl/N-ethyl adjacent to an activating group) is 1. The zero-order chi connectivity index (χ0) is 15.6. The Labute approximate surface area is 125 Å². The van der Waals surface area contributed by atoms with Gasteiger partial charge in [-0.25, -0.2) is 9.37 Å². The largest absolute Gasteiger partial charge is 0.370 e. The number of piperazine rings is 1. The summed E-state index contributed by atoms with van der Waals surface area (Å²) in [6, 6.07) is 1.82. The molecule has 1 amide bonds. The summed E-state index contributed by atoms with van der Waals surface area (Å²) in [6.45, 7) is 8.01. The summed E-state index contributed by atoms with van der Waals surface area (Å²) in [6.07, 6.45) is 1.13. The second kappa shape index (κ2) is 6.39. The topological polar surface area (TPSA) is 48.5 Å². The second-order valence-corrected chi connectivity index (χ2v) is 5.65. The van der Waals surface area contributed by atoms with Crippen LogP contribution in [0.4, 0.5) is 10.2 Å². The molecule has 1 N–H and O–H groups in total. The van der Waals surface area contributed by atoms with E-state index in [9.17, 15) is 9.18 Å². The Hall–Kier alpha value is -1.69. The Kier molecular flexibility index (Phi) is 4.77. The minimum absolute atomic E-state index is 0.162. The van der Waals surface area contributed by atoms with Gasteiger partial charge >= 0.3 is 0 Å². The van der Waals surface area contributed by atoms with Gasteiger partial charge in [0, 0.05) is 31.7 Å². The van der Waals surface area contributed by atoms with E-state index >= 15 is 0 Å². The Morgan fingerprint density at radius 3 is 2.62 bits per heavy atom. The molecule has 5 nitrogen and oxygen atoms in total. The number of nitrogens with zero attached hydrogens (tertiary/aromatic N) is 3. The second-order valence-electron chi connectivity index (χ2n) is 5.65. The van der Waals surface area contributed by atoms with E-state index in [1.165, 1.54) is 6.07 Å². The van der Waals surface area contributed by atoms with Crippen LogP contribution in [0.15, 0.2) is 12.3 Å². The molecular weight excluding hydrogens is 271 g/mol. The number of anilines is 1. The van der Waals surface area contributed by atoms with Crippen LogP contribution in [0.5, 0.6) is 0 Å². The molecule has 0 radical (unpaired) electrons. The molecule has 2 rings (SSSR count). The summed E-state index contributed by atoms with van der Waals surface area (Å²) in [4.78, 5) is 20.7. The van der Waals surface area contributed by atoms with E-state index in [0.29, 0.717) is 31.0 Å². The summed E-state index contributed by atoms with van der Waals surface area (Å²) in [7, 11) is 2.06. The van der Waals surface area contributed by atoms with E-state index in [1.807, 2.05) is 6.92 Å². The average Bonchev–Trinajstić information content (AvgIpc) is 2.45. The molecule has 1 aromatic heterocycles. The Morgan fingerprint density at radius 1 is 1.43 bits per heavy atom. The average molecular weight is 294 g/mol. The van der Waals surface area contributed by atoms with Crippen LogP contribution in [0.25, 0.3) is 0 Å². The number of pyridine rings is 1. The number of rotatable bonds is 3. The maximum atomic E-state index is 13.5. The van der Waals surface area contributed by atoms with Crippen molar-refractivity contribution in [1.82, 2.24) is 14.8 Å². The molecule has 116 valence electrons. The van der Waals surface area contributed by atoms with Gasteiger partial charge in [-0.15, -0.1) is 0 Å². The maximum absolute atomic E-state index is 13.5. The van der Waals surface area contributed by atoms with Crippen LogP contribution in [0.3, 0.4) is 0 Å². The molecule has 0 bridgehead atoms. The van der Waals surface area contributed by atoms with E-state index in [2.05, 4.69) is 36.1 Å². The molecule has 1 aromatic rings. The van der Waals surface area contributed by atoms with Gasteiger partial charge in [-0.1, -0.05) is 0 Å².